The number of carboxylic acids is 1. The number of nitrogens with one attached hydrogen (secondary N) is 1. The zero-order valence-electron chi connectivity index (χ0n) is 11.1. The van der Waals surface area contributed by atoms with E-state index in [1.54, 1.807) is 0 Å². The van der Waals surface area contributed by atoms with E-state index in [1.807, 2.05) is 0 Å². The van der Waals surface area contributed by atoms with Crippen LogP contribution in [0.15, 0.2) is 18.2 Å². The number of rotatable bonds is 7. The second kappa shape index (κ2) is 7.20. The van der Waals surface area contributed by atoms with Crippen LogP contribution in [-0.2, 0) is 4.79 Å². The van der Waals surface area contributed by atoms with Gasteiger partial charge < -0.3 is 20.3 Å². The number of hydrogen-bond acceptors (Lipinski definition) is 6. The summed E-state index contributed by atoms with van der Waals surface area (Å²) >= 11 is 0. The summed E-state index contributed by atoms with van der Waals surface area (Å²) in [5, 5.41) is 30.6. The largest absolute Gasteiger partial charge is 0.496 e. The predicted octanol–water partition coefficient (Wildman–Crippen LogP) is 0.169. The van der Waals surface area contributed by atoms with Gasteiger partial charge in [0.15, 0.2) is 6.10 Å². The van der Waals surface area contributed by atoms with E-state index in [0.29, 0.717) is 0 Å². The number of carboxylic acid groups (broad SMARTS) is 1. The highest BCUT2D eigenvalue weighted by molar-refractivity contribution is 5.97. The number of nitrogens with zero attached hydrogens (tertiary/aromatic N) is 1. The molecule has 0 unspecified atom stereocenters. The van der Waals surface area contributed by atoms with Crippen molar-refractivity contribution in [2.45, 2.75) is 12.5 Å². The Morgan fingerprint density at radius 1 is 1.48 bits per heavy atom. The quantitative estimate of drug-likeness (QED) is 0.481. The number of carbonyl (C=O) groups excluding carboxylic acids is 1. The first-order chi connectivity index (χ1) is 9.86. The summed E-state index contributed by atoms with van der Waals surface area (Å²) in [5.74, 6) is -1.93. The van der Waals surface area contributed by atoms with E-state index in [2.05, 4.69) is 5.32 Å². The third kappa shape index (κ3) is 4.42. The van der Waals surface area contributed by atoms with Gasteiger partial charge in [0.1, 0.15) is 5.75 Å². The van der Waals surface area contributed by atoms with Crippen LogP contribution < -0.4 is 10.1 Å². The first-order valence-electron chi connectivity index (χ1n) is 5.88. The monoisotopic (exact) mass is 298 g/mol. The van der Waals surface area contributed by atoms with Crippen LogP contribution in [0, 0.1) is 10.1 Å². The summed E-state index contributed by atoms with van der Waals surface area (Å²) in [6.45, 7) is -0.0631. The van der Waals surface area contributed by atoms with Crippen LogP contribution in [0.2, 0.25) is 0 Å². The molecule has 0 heterocycles. The molecule has 0 saturated carbocycles. The molecule has 9 nitrogen and oxygen atoms in total. The third-order valence-corrected chi connectivity index (χ3v) is 2.63. The summed E-state index contributed by atoms with van der Waals surface area (Å²) in [7, 11) is 1.27. The van der Waals surface area contributed by atoms with Crippen LogP contribution in [0.5, 0.6) is 5.75 Å². The molecule has 21 heavy (non-hydrogen) atoms. The Balaban J connectivity index is 2.74. The number of aliphatic hydroxyl groups is 1. The minimum absolute atomic E-state index is 0.0282. The van der Waals surface area contributed by atoms with E-state index in [4.69, 9.17) is 14.9 Å². The molecule has 0 aliphatic carbocycles. The number of nitro benzene ring substituents is 1. The molecule has 1 aromatic carbocycles. The summed E-state index contributed by atoms with van der Waals surface area (Å²) in [6.07, 6.45) is -1.72. The van der Waals surface area contributed by atoms with Crippen molar-refractivity contribution in [2.24, 2.45) is 0 Å². The third-order valence-electron chi connectivity index (χ3n) is 2.63. The summed E-state index contributed by atoms with van der Waals surface area (Å²) in [6, 6.07) is 3.50. The fourth-order valence-electron chi connectivity index (χ4n) is 1.52. The molecule has 0 bridgehead atoms. The molecule has 1 amide bonds. The van der Waals surface area contributed by atoms with E-state index in [1.165, 1.54) is 13.2 Å². The lowest BCUT2D eigenvalue weighted by atomic mass is 10.1. The van der Waals surface area contributed by atoms with Crippen LogP contribution in [0.3, 0.4) is 0 Å². The SMILES string of the molecule is COc1cc([N+](=O)[O-])ccc1C(=O)NCC[C@H](O)C(=O)O. The van der Waals surface area contributed by atoms with Crippen molar-refractivity contribution in [3.05, 3.63) is 33.9 Å². The van der Waals surface area contributed by atoms with Gasteiger partial charge in [0.2, 0.25) is 0 Å². The van der Waals surface area contributed by atoms with Crippen molar-refractivity contribution in [1.29, 1.82) is 0 Å². The Morgan fingerprint density at radius 2 is 2.14 bits per heavy atom. The first kappa shape index (κ1) is 16.4. The predicted molar refractivity (Wildman–Crippen MR) is 70.2 cm³/mol. The smallest absolute Gasteiger partial charge is 0.332 e. The van der Waals surface area contributed by atoms with E-state index in [9.17, 15) is 19.7 Å². The standard InChI is InChI=1S/C12H14N2O7/c1-21-10-6-7(14(19)20)2-3-8(10)11(16)13-5-4-9(15)12(17)18/h2-3,6,9,15H,4-5H2,1H3,(H,13,16)(H,17,18)/t9-/m0/s1. The Bertz CT molecular complexity index is 559. The van der Waals surface area contributed by atoms with Gasteiger partial charge in [0.25, 0.3) is 11.6 Å². The van der Waals surface area contributed by atoms with Gasteiger partial charge in [-0.25, -0.2) is 4.79 Å². The molecular formula is C12H14N2O7. The number of hydrogen-bond donors (Lipinski definition) is 3. The number of carbonyl (C=O) groups is 2. The molecule has 1 atom stereocenters. The molecule has 1 aromatic rings. The molecule has 0 aliphatic rings. The van der Waals surface area contributed by atoms with Crippen LogP contribution in [0.25, 0.3) is 0 Å². The second-order valence-corrected chi connectivity index (χ2v) is 4.04. The zero-order chi connectivity index (χ0) is 16.0. The zero-order valence-corrected chi connectivity index (χ0v) is 11.1. The number of benzene rings is 1. The van der Waals surface area contributed by atoms with Crippen LogP contribution >= 0.6 is 0 Å². The lowest BCUT2D eigenvalue weighted by molar-refractivity contribution is -0.384. The van der Waals surface area contributed by atoms with Crippen molar-refractivity contribution in [1.82, 2.24) is 5.32 Å². The number of non-ortho nitro benzene ring substituents is 1. The molecule has 0 fully saturated rings. The molecule has 0 radical (unpaired) electrons. The number of amides is 1. The lowest BCUT2D eigenvalue weighted by Gasteiger charge is -2.10. The lowest BCUT2D eigenvalue weighted by Crippen LogP contribution is -2.30. The normalized spacial score (nSPS) is 11.5. The van der Waals surface area contributed by atoms with Crippen LogP contribution in [0.1, 0.15) is 16.8 Å². The molecule has 9 heteroatoms. The maximum atomic E-state index is 11.9. The van der Waals surface area contributed by atoms with Crippen LogP contribution in [0.4, 0.5) is 5.69 Å². The highest BCUT2D eigenvalue weighted by Gasteiger charge is 2.18. The molecule has 114 valence electrons. The van der Waals surface area contributed by atoms with Crippen LogP contribution in [-0.4, -0.2) is 46.8 Å². The topological polar surface area (TPSA) is 139 Å². The maximum Gasteiger partial charge on any atom is 0.332 e. The number of ether oxygens (including phenoxy) is 1. The van der Waals surface area contributed by atoms with E-state index >= 15 is 0 Å². The van der Waals surface area contributed by atoms with Gasteiger partial charge in [-0.15, -0.1) is 0 Å². The minimum atomic E-state index is -1.57. The van der Waals surface area contributed by atoms with E-state index in [-0.39, 0.29) is 30.0 Å². The summed E-state index contributed by atoms with van der Waals surface area (Å²) in [4.78, 5) is 32.3. The summed E-state index contributed by atoms with van der Waals surface area (Å²) in [5.41, 5.74) is -0.141. The minimum Gasteiger partial charge on any atom is -0.496 e. The first-order valence-corrected chi connectivity index (χ1v) is 5.88. The Kier molecular flexibility index (Phi) is 5.61. The Hall–Kier alpha value is -2.68. The van der Waals surface area contributed by atoms with E-state index in [0.717, 1.165) is 12.1 Å². The summed E-state index contributed by atoms with van der Waals surface area (Å²) < 4.78 is 4.91. The molecule has 1 rings (SSSR count). The molecule has 0 aliphatic heterocycles. The molecule has 3 N–H and O–H groups in total. The fraction of sp³-hybridized carbons (Fsp3) is 0.333. The van der Waals surface area contributed by atoms with Gasteiger partial charge in [-0.2, -0.15) is 0 Å². The Labute approximate surface area is 119 Å². The van der Waals surface area contributed by atoms with Crippen molar-refractivity contribution in [2.75, 3.05) is 13.7 Å². The van der Waals surface area contributed by atoms with Gasteiger partial charge in [-0.3, -0.25) is 14.9 Å². The number of methoxy groups -OCH3 is 1. The van der Waals surface area contributed by atoms with Gasteiger partial charge in [0.05, 0.1) is 23.7 Å². The average Bonchev–Trinajstić information content (AvgIpc) is 2.45. The van der Waals surface area contributed by atoms with Crippen molar-refractivity contribution in [3.63, 3.8) is 0 Å². The van der Waals surface area contributed by atoms with Gasteiger partial charge in [0, 0.05) is 19.0 Å². The maximum absolute atomic E-state index is 11.9. The highest BCUT2D eigenvalue weighted by atomic mass is 16.6. The number of nitro groups is 1. The average molecular weight is 298 g/mol. The molecule has 0 saturated heterocycles. The molecule has 0 aromatic heterocycles. The Morgan fingerprint density at radius 3 is 2.67 bits per heavy atom. The van der Waals surface area contributed by atoms with Crippen molar-refractivity contribution in [3.8, 4) is 5.75 Å². The van der Waals surface area contributed by atoms with E-state index < -0.39 is 22.9 Å². The fourth-order valence-corrected chi connectivity index (χ4v) is 1.52. The van der Waals surface area contributed by atoms with Gasteiger partial charge in [-0.05, 0) is 6.07 Å². The molecule has 0 spiro atoms. The highest BCUT2D eigenvalue weighted by Crippen LogP contribution is 2.24. The van der Waals surface area contributed by atoms with Gasteiger partial charge >= 0.3 is 5.97 Å². The van der Waals surface area contributed by atoms with Crippen molar-refractivity contribution >= 4 is 17.6 Å². The number of aliphatic carboxylic acids is 1. The van der Waals surface area contributed by atoms with Gasteiger partial charge in [-0.1, -0.05) is 0 Å². The van der Waals surface area contributed by atoms with Crippen molar-refractivity contribution < 1.29 is 29.5 Å². The number of aliphatic hydroxyl groups excluding tert-OH is 1. The molecular weight excluding hydrogens is 284 g/mol. The second-order valence-electron chi connectivity index (χ2n) is 4.04.